The number of carbonyl (C=O) groups is 1. The van der Waals surface area contributed by atoms with E-state index in [-0.39, 0.29) is 5.91 Å². The summed E-state index contributed by atoms with van der Waals surface area (Å²) in [7, 11) is 4.05. The summed E-state index contributed by atoms with van der Waals surface area (Å²) >= 11 is 0. The van der Waals surface area contributed by atoms with E-state index >= 15 is 0 Å². The molecule has 0 aliphatic heterocycles. The number of likely N-dealkylation sites (N-methyl/N-ethyl adjacent to an activating group) is 1. The van der Waals surface area contributed by atoms with Gasteiger partial charge in [0.1, 0.15) is 5.82 Å². The highest BCUT2D eigenvalue weighted by atomic mass is 16.1. The minimum atomic E-state index is -0.115. The molecule has 2 aromatic rings. The van der Waals surface area contributed by atoms with Gasteiger partial charge in [-0.3, -0.25) is 4.79 Å². The summed E-state index contributed by atoms with van der Waals surface area (Å²) in [5.41, 5.74) is 1.64. The predicted octanol–water partition coefficient (Wildman–Crippen LogP) is 1.99. The van der Waals surface area contributed by atoms with E-state index in [1.54, 1.807) is 12.3 Å². The Morgan fingerprint density at radius 3 is 2.55 bits per heavy atom. The summed E-state index contributed by atoms with van der Waals surface area (Å²) in [6.07, 6.45) is 1.60. The fraction of sp³-hybridized carbons (Fsp3) is 0.294. The van der Waals surface area contributed by atoms with E-state index in [0.717, 1.165) is 24.5 Å². The van der Waals surface area contributed by atoms with E-state index in [1.165, 1.54) is 0 Å². The molecule has 2 rings (SSSR count). The number of carbonyl (C=O) groups excluding carboxylic acids is 1. The van der Waals surface area contributed by atoms with Crippen molar-refractivity contribution in [2.45, 2.75) is 6.54 Å². The average molecular weight is 298 g/mol. The predicted molar refractivity (Wildman–Crippen MR) is 88.9 cm³/mol. The molecule has 0 radical (unpaired) electrons. The molecule has 116 valence electrons. The third-order valence-corrected chi connectivity index (χ3v) is 3.19. The molecule has 0 fully saturated rings. The molecule has 0 atom stereocenters. The lowest BCUT2D eigenvalue weighted by Crippen LogP contribution is -2.23. The standard InChI is InChI=1S/C17H22N4O/c1-21(2)11-10-18-16-9-8-15(13-19-16)17(22)20-12-14-6-4-3-5-7-14/h3-9,13H,10-12H2,1-2H3,(H,18,19)(H,20,22). The van der Waals surface area contributed by atoms with Gasteiger partial charge in [0.25, 0.3) is 5.91 Å². The monoisotopic (exact) mass is 298 g/mol. The Hall–Kier alpha value is -2.40. The van der Waals surface area contributed by atoms with Gasteiger partial charge in [0.15, 0.2) is 0 Å². The van der Waals surface area contributed by atoms with Crippen LogP contribution in [0.1, 0.15) is 15.9 Å². The molecule has 1 aromatic heterocycles. The molecule has 22 heavy (non-hydrogen) atoms. The number of hydrogen-bond acceptors (Lipinski definition) is 4. The summed E-state index contributed by atoms with van der Waals surface area (Å²) in [5.74, 6) is 0.664. The minimum absolute atomic E-state index is 0.115. The lowest BCUT2D eigenvalue weighted by Gasteiger charge is -2.11. The van der Waals surface area contributed by atoms with E-state index in [4.69, 9.17) is 0 Å². The summed E-state index contributed by atoms with van der Waals surface area (Å²) in [6, 6.07) is 13.4. The van der Waals surface area contributed by atoms with Crippen molar-refractivity contribution in [2.75, 3.05) is 32.5 Å². The van der Waals surface area contributed by atoms with Crippen LogP contribution in [-0.2, 0) is 6.54 Å². The summed E-state index contributed by atoms with van der Waals surface area (Å²) in [6.45, 7) is 2.27. The number of rotatable bonds is 7. The molecule has 0 aliphatic rings. The van der Waals surface area contributed by atoms with Gasteiger partial charge < -0.3 is 15.5 Å². The maximum atomic E-state index is 12.1. The third-order valence-electron chi connectivity index (χ3n) is 3.19. The zero-order valence-electron chi connectivity index (χ0n) is 13.0. The van der Waals surface area contributed by atoms with Crippen LogP contribution in [-0.4, -0.2) is 43.0 Å². The van der Waals surface area contributed by atoms with Gasteiger partial charge in [-0.25, -0.2) is 4.98 Å². The molecule has 0 unspecified atom stereocenters. The van der Waals surface area contributed by atoms with E-state index in [1.807, 2.05) is 50.5 Å². The SMILES string of the molecule is CN(C)CCNc1ccc(C(=O)NCc2ccccc2)cn1. The number of aromatic nitrogens is 1. The van der Waals surface area contributed by atoms with Crippen molar-refractivity contribution < 1.29 is 4.79 Å². The second-order valence-corrected chi connectivity index (χ2v) is 5.33. The topological polar surface area (TPSA) is 57.3 Å². The van der Waals surface area contributed by atoms with Gasteiger partial charge in [0.05, 0.1) is 5.56 Å². The van der Waals surface area contributed by atoms with Crippen LogP contribution in [0.4, 0.5) is 5.82 Å². The van der Waals surface area contributed by atoms with Crippen LogP contribution in [0.2, 0.25) is 0 Å². The van der Waals surface area contributed by atoms with Gasteiger partial charge in [-0.15, -0.1) is 0 Å². The maximum absolute atomic E-state index is 12.1. The molecule has 0 saturated carbocycles. The van der Waals surface area contributed by atoms with Crippen molar-refractivity contribution in [3.8, 4) is 0 Å². The van der Waals surface area contributed by atoms with Crippen molar-refractivity contribution in [1.82, 2.24) is 15.2 Å². The van der Waals surface area contributed by atoms with Gasteiger partial charge in [-0.2, -0.15) is 0 Å². The first-order valence-corrected chi connectivity index (χ1v) is 7.32. The zero-order valence-corrected chi connectivity index (χ0v) is 13.0. The first-order chi connectivity index (χ1) is 10.6. The third kappa shape index (κ3) is 5.18. The van der Waals surface area contributed by atoms with Crippen molar-refractivity contribution in [2.24, 2.45) is 0 Å². The first-order valence-electron chi connectivity index (χ1n) is 7.32. The van der Waals surface area contributed by atoms with E-state index in [0.29, 0.717) is 12.1 Å². The second kappa shape index (κ2) is 8.14. The van der Waals surface area contributed by atoms with Crippen LogP contribution in [0.5, 0.6) is 0 Å². The van der Waals surface area contributed by atoms with Crippen LogP contribution in [0.25, 0.3) is 0 Å². The van der Waals surface area contributed by atoms with Gasteiger partial charge >= 0.3 is 0 Å². The number of hydrogen-bond donors (Lipinski definition) is 2. The van der Waals surface area contributed by atoms with Crippen molar-refractivity contribution >= 4 is 11.7 Å². The Bertz CT molecular complexity index is 581. The van der Waals surface area contributed by atoms with Crippen molar-refractivity contribution in [3.63, 3.8) is 0 Å². The largest absolute Gasteiger partial charge is 0.369 e. The highest BCUT2D eigenvalue weighted by Crippen LogP contribution is 2.05. The van der Waals surface area contributed by atoms with Crippen LogP contribution in [0.15, 0.2) is 48.7 Å². The molecule has 0 bridgehead atoms. The molecule has 5 heteroatoms. The normalized spacial score (nSPS) is 10.5. The Balaban J connectivity index is 1.83. The summed E-state index contributed by atoms with van der Waals surface area (Å²) < 4.78 is 0. The molecule has 5 nitrogen and oxygen atoms in total. The van der Waals surface area contributed by atoms with E-state index in [2.05, 4.69) is 20.5 Å². The lowest BCUT2D eigenvalue weighted by atomic mass is 10.2. The first kappa shape index (κ1) is 16.0. The highest BCUT2D eigenvalue weighted by molar-refractivity contribution is 5.93. The Morgan fingerprint density at radius 2 is 1.91 bits per heavy atom. The summed E-state index contributed by atoms with van der Waals surface area (Å²) in [5, 5.41) is 6.10. The second-order valence-electron chi connectivity index (χ2n) is 5.33. The minimum Gasteiger partial charge on any atom is -0.369 e. The molecule has 0 spiro atoms. The van der Waals surface area contributed by atoms with E-state index < -0.39 is 0 Å². The Kier molecular flexibility index (Phi) is 5.91. The van der Waals surface area contributed by atoms with E-state index in [9.17, 15) is 4.79 Å². The number of nitrogens with zero attached hydrogens (tertiary/aromatic N) is 2. The van der Waals surface area contributed by atoms with Crippen LogP contribution >= 0.6 is 0 Å². The number of pyridine rings is 1. The molecular formula is C17H22N4O. The van der Waals surface area contributed by atoms with Gasteiger partial charge in [0.2, 0.25) is 0 Å². The quantitative estimate of drug-likeness (QED) is 0.821. The Morgan fingerprint density at radius 1 is 1.14 bits per heavy atom. The molecule has 0 aliphatic carbocycles. The average Bonchev–Trinajstić information content (AvgIpc) is 2.54. The number of nitrogens with one attached hydrogen (secondary N) is 2. The number of benzene rings is 1. The van der Waals surface area contributed by atoms with Gasteiger partial charge in [-0.05, 0) is 31.8 Å². The molecule has 0 saturated heterocycles. The highest BCUT2D eigenvalue weighted by Gasteiger charge is 2.05. The zero-order chi connectivity index (χ0) is 15.8. The van der Waals surface area contributed by atoms with Crippen molar-refractivity contribution in [3.05, 3.63) is 59.8 Å². The maximum Gasteiger partial charge on any atom is 0.253 e. The fourth-order valence-electron chi connectivity index (χ4n) is 1.92. The molecule has 1 aromatic carbocycles. The molecular weight excluding hydrogens is 276 g/mol. The fourth-order valence-corrected chi connectivity index (χ4v) is 1.92. The summed E-state index contributed by atoms with van der Waals surface area (Å²) in [4.78, 5) is 18.4. The van der Waals surface area contributed by atoms with Crippen LogP contribution in [0.3, 0.4) is 0 Å². The van der Waals surface area contributed by atoms with Gasteiger partial charge in [-0.1, -0.05) is 30.3 Å². The smallest absolute Gasteiger partial charge is 0.253 e. The van der Waals surface area contributed by atoms with Crippen molar-refractivity contribution in [1.29, 1.82) is 0 Å². The van der Waals surface area contributed by atoms with Crippen LogP contribution < -0.4 is 10.6 Å². The Labute approximate surface area is 131 Å². The molecule has 1 amide bonds. The van der Waals surface area contributed by atoms with Gasteiger partial charge in [0, 0.05) is 25.8 Å². The number of amides is 1. The molecule has 1 heterocycles. The molecule has 2 N–H and O–H groups in total. The number of anilines is 1. The lowest BCUT2D eigenvalue weighted by molar-refractivity contribution is 0.0950. The van der Waals surface area contributed by atoms with Crippen LogP contribution in [0, 0.1) is 0 Å².